The second-order valence-corrected chi connectivity index (χ2v) is 5.36. The van der Waals surface area contributed by atoms with Gasteiger partial charge in [0.2, 0.25) is 0 Å². The molecule has 5 nitrogen and oxygen atoms in total. The second kappa shape index (κ2) is 5.99. The minimum absolute atomic E-state index is 0.0542. The molecule has 1 atom stereocenters. The summed E-state index contributed by atoms with van der Waals surface area (Å²) < 4.78 is 0. The molecule has 0 saturated carbocycles. The monoisotopic (exact) mass is 282 g/mol. The zero-order chi connectivity index (χ0) is 14.7. The highest BCUT2D eigenvalue weighted by molar-refractivity contribution is 5.93. The van der Waals surface area contributed by atoms with Crippen molar-refractivity contribution in [2.45, 2.75) is 25.7 Å². The Labute approximate surface area is 124 Å². The highest BCUT2D eigenvalue weighted by Gasteiger charge is 2.26. The van der Waals surface area contributed by atoms with Crippen molar-refractivity contribution in [3.8, 4) is 0 Å². The van der Waals surface area contributed by atoms with E-state index in [1.807, 2.05) is 24.0 Å². The first kappa shape index (κ1) is 13.7. The fraction of sp³-hybridized carbons (Fsp3) is 0.375. The summed E-state index contributed by atoms with van der Waals surface area (Å²) in [5, 5.41) is 0. The molecule has 3 rings (SSSR count). The van der Waals surface area contributed by atoms with Crippen LogP contribution >= 0.6 is 0 Å². The van der Waals surface area contributed by atoms with Gasteiger partial charge in [0.15, 0.2) is 0 Å². The van der Waals surface area contributed by atoms with E-state index in [0.717, 1.165) is 30.9 Å². The largest absolute Gasteiger partial charge is 0.338 e. The SMILES string of the molecule is Cc1nccc([C@H]2CCCN(C(=O)c3cccnc3)C2)n1. The van der Waals surface area contributed by atoms with E-state index in [9.17, 15) is 4.79 Å². The zero-order valence-corrected chi connectivity index (χ0v) is 12.1. The molecule has 1 aliphatic rings. The highest BCUT2D eigenvalue weighted by Crippen LogP contribution is 2.26. The topological polar surface area (TPSA) is 59.0 Å². The van der Waals surface area contributed by atoms with Gasteiger partial charge in [-0.15, -0.1) is 0 Å². The summed E-state index contributed by atoms with van der Waals surface area (Å²) in [6.45, 7) is 3.41. The van der Waals surface area contributed by atoms with Gasteiger partial charge >= 0.3 is 0 Å². The van der Waals surface area contributed by atoms with Crippen molar-refractivity contribution >= 4 is 5.91 Å². The first-order valence-electron chi connectivity index (χ1n) is 7.23. The van der Waals surface area contributed by atoms with Crippen molar-refractivity contribution in [3.63, 3.8) is 0 Å². The number of aryl methyl sites for hydroxylation is 1. The van der Waals surface area contributed by atoms with Gasteiger partial charge in [-0.05, 0) is 38.0 Å². The lowest BCUT2D eigenvalue weighted by molar-refractivity contribution is 0.0705. The highest BCUT2D eigenvalue weighted by atomic mass is 16.2. The molecule has 0 aliphatic carbocycles. The number of amides is 1. The molecule has 21 heavy (non-hydrogen) atoms. The number of carbonyl (C=O) groups is 1. The standard InChI is InChI=1S/C16H18N4O/c1-12-18-8-6-15(19-12)14-5-3-9-20(11-14)16(21)13-4-2-7-17-10-13/h2,4,6-8,10,14H,3,5,9,11H2,1H3/t14-/m0/s1. The Hall–Kier alpha value is -2.30. The van der Waals surface area contributed by atoms with Crippen LogP contribution in [0.1, 0.15) is 40.6 Å². The average Bonchev–Trinajstić information content (AvgIpc) is 2.55. The number of hydrogen-bond acceptors (Lipinski definition) is 4. The Kier molecular flexibility index (Phi) is 3.90. The van der Waals surface area contributed by atoms with E-state index in [-0.39, 0.29) is 5.91 Å². The molecule has 1 saturated heterocycles. The van der Waals surface area contributed by atoms with Gasteiger partial charge in [0.1, 0.15) is 5.82 Å². The van der Waals surface area contributed by atoms with Crippen molar-refractivity contribution < 1.29 is 4.79 Å². The van der Waals surface area contributed by atoms with E-state index >= 15 is 0 Å². The predicted octanol–water partition coefficient (Wildman–Crippen LogP) is 2.20. The normalized spacial score (nSPS) is 18.5. The number of hydrogen-bond donors (Lipinski definition) is 0. The number of aromatic nitrogens is 3. The number of pyridine rings is 1. The van der Waals surface area contributed by atoms with Crippen LogP contribution in [-0.4, -0.2) is 38.8 Å². The number of likely N-dealkylation sites (tertiary alicyclic amines) is 1. The van der Waals surface area contributed by atoms with E-state index in [0.29, 0.717) is 18.0 Å². The Morgan fingerprint density at radius 2 is 2.24 bits per heavy atom. The molecule has 5 heteroatoms. The minimum atomic E-state index is 0.0542. The smallest absolute Gasteiger partial charge is 0.255 e. The van der Waals surface area contributed by atoms with E-state index in [1.54, 1.807) is 24.7 Å². The van der Waals surface area contributed by atoms with Crippen LogP contribution in [0.5, 0.6) is 0 Å². The van der Waals surface area contributed by atoms with Gasteiger partial charge in [-0.2, -0.15) is 0 Å². The molecular formula is C16H18N4O. The number of nitrogens with zero attached hydrogens (tertiary/aromatic N) is 4. The molecule has 0 radical (unpaired) electrons. The van der Waals surface area contributed by atoms with E-state index in [2.05, 4.69) is 15.0 Å². The quantitative estimate of drug-likeness (QED) is 0.847. The maximum atomic E-state index is 12.5. The van der Waals surface area contributed by atoms with Gasteiger partial charge in [-0.1, -0.05) is 0 Å². The Balaban J connectivity index is 1.75. The Morgan fingerprint density at radius 3 is 3.00 bits per heavy atom. The molecule has 0 N–H and O–H groups in total. The third-order valence-corrected chi connectivity index (χ3v) is 3.83. The molecule has 2 aromatic heterocycles. The molecule has 1 aliphatic heterocycles. The van der Waals surface area contributed by atoms with E-state index in [4.69, 9.17) is 0 Å². The maximum Gasteiger partial charge on any atom is 0.255 e. The van der Waals surface area contributed by atoms with Crippen molar-refractivity contribution in [1.29, 1.82) is 0 Å². The van der Waals surface area contributed by atoms with Crippen LogP contribution in [0.15, 0.2) is 36.8 Å². The molecule has 0 spiro atoms. The zero-order valence-electron chi connectivity index (χ0n) is 12.1. The second-order valence-electron chi connectivity index (χ2n) is 5.36. The summed E-state index contributed by atoms with van der Waals surface area (Å²) in [6, 6.07) is 5.56. The molecular weight excluding hydrogens is 264 g/mol. The maximum absolute atomic E-state index is 12.5. The lowest BCUT2D eigenvalue weighted by atomic mass is 9.94. The molecule has 1 fully saturated rings. The van der Waals surface area contributed by atoms with E-state index < -0.39 is 0 Å². The molecule has 0 aromatic carbocycles. The lowest BCUT2D eigenvalue weighted by Gasteiger charge is -2.32. The van der Waals surface area contributed by atoms with Gasteiger partial charge in [0.25, 0.3) is 5.91 Å². The van der Waals surface area contributed by atoms with Crippen LogP contribution in [0.3, 0.4) is 0 Å². The Morgan fingerprint density at radius 1 is 1.33 bits per heavy atom. The first-order chi connectivity index (χ1) is 10.2. The van der Waals surface area contributed by atoms with Crippen molar-refractivity contribution in [1.82, 2.24) is 19.9 Å². The average molecular weight is 282 g/mol. The van der Waals surface area contributed by atoms with Crippen LogP contribution in [-0.2, 0) is 0 Å². The van der Waals surface area contributed by atoms with E-state index in [1.165, 1.54) is 0 Å². The predicted molar refractivity (Wildman–Crippen MR) is 78.9 cm³/mol. The third kappa shape index (κ3) is 3.07. The van der Waals surface area contributed by atoms with Crippen molar-refractivity contribution in [3.05, 3.63) is 53.9 Å². The van der Waals surface area contributed by atoms with Crippen molar-refractivity contribution in [2.24, 2.45) is 0 Å². The summed E-state index contributed by atoms with van der Waals surface area (Å²) in [4.78, 5) is 27.1. The summed E-state index contributed by atoms with van der Waals surface area (Å²) >= 11 is 0. The van der Waals surface area contributed by atoms with Gasteiger partial charge in [0.05, 0.1) is 5.56 Å². The fourth-order valence-corrected chi connectivity index (χ4v) is 2.78. The lowest BCUT2D eigenvalue weighted by Crippen LogP contribution is -2.39. The number of rotatable bonds is 2. The van der Waals surface area contributed by atoms with Crippen molar-refractivity contribution in [2.75, 3.05) is 13.1 Å². The minimum Gasteiger partial charge on any atom is -0.338 e. The molecule has 1 amide bonds. The van der Waals surface area contributed by atoms with Gasteiger partial charge in [-0.25, -0.2) is 9.97 Å². The molecule has 2 aromatic rings. The molecule has 0 bridgehead atoms. The number of carbonyl (C=O) groups excluding carboxylic acids is 1. The summed E-state index contributed by atoms with van der Waals surface area (Å²) in [5.41, 5.74) is 1.68. The fourth-order valence-electron chi connectivity index (χ4n) is 2.78. The molecule has 0 unspecified atom stereocenters. The molecule has 108 valence electrons. The summed E-state index contributed by atoms with van der Waals surface area (Å²) in [7, 11) is 0. The van der Waals surface area contributed by atoms with Crippen LogP contribution in [0.25, 0.3) is 0 Å². The number of piperidine rings is 1. The molecule has 3 heterocycles. The van der Waals surface area contributed by atoms with Crippen LogP contribution in [0.4, 0.5) is 0 Å². The Bertz CT molecular complexity index is 629. The van der Waals surface area contributed by atoms with Gasteiger partial charge in [-0.3, -0.25) is 9.78 Å². The van der Waals surface area contributed by atoms with Crippen LogP contribution in [0.2, 0.25) is 0 Å². The van der Waals surface area contributed by atoms with Crippen LogP contribution < -0.4 is 0 Å². The van der Waals surface area contributed by atoms with Gasteiger partial charge < -0.3 is 4.90 Å². The summed E-state index contributed by atoms with van der Waals surface area (Å²) in [6.07, 6.45) is 7.16. The van der Waals surface area contributed by atoms with Gasteiger partial charge in [0, 0.05) is 43.3 Å². The first-order valence-corrected chi connectivity index (χ1v) is 7.23. The van der Waals surface area contributed by atoms with Crippen LogP contribution in [0, 0.1) is 6.92 Å². The summed E-state index contributed by atoms with van der Waals surface area (Å²) in [5.74, 6) is 1.13. The third-order valence-electron chi connectivity index (χ3n) is 3.83.